The van der Waals surface area contributed by atoms with E-state index in [-0.39, 0.29) is 6.61 Å². The monoisotopic (exact) mass is 225 g/mol. The molecule has 0 spiro atoms. The third-order valence-electron chi connectivity index (χ3n) is 2.84. The van der Waals surface area contributed by atoms with E-state index in [2.05, 4.69) is 24.0 Å². The Labute approximate surface area is 95.4 Å². The fraction of sp³-hybridized carbons (Fsp3) is 0.818. The normalized spacial score (nSPS) is 20.9. The summed E-state index contributed by atoms with van der Waals surface area (Å²) in [4.78, 5) is 0. The Kier molecular flexibility index (Phi) is 3.56. The van der Waals surface area contributed by atoms with Crippen LogP contribution in [0.4, 0.5) is 0 Å². The minimum Gasteiger partial charge on any atom is -0.388 e. The summed E-state index contributed by atoms with van der Waals surface area (Å²) >= 11 is 0. The van der Waals surface area contributed by atoms with Crippen LogP contribution in [0.1, 0.15) is 37.8 Å². The van der Waals surface area contributed by atoms with Crippen LogP contribution in [0.25, 0.3) is 0 Å². The lowest BCUT2D eigenvalue weighted by Gasteiger charge is -2.14. The number of hydrogen-bond donors (Lipinski definition) is 1. The van der Waals surface area contributed by atoms with Gasteiger partial charge in [-0.15, -0.1) is 10.2 Å². The molecule has 1 aromatic heterocycles. The van der Waals surface area contributed by atoms with Crippen LogP contribution in [0.3, 0.4) is 0 Å². The Morgan fingerprint density at radius 3 is 2.88 bits per heavy atom. The molecule has 2 rings (SSSR count). The minimum absolute atomic E-state index is 0.0483. The van der Waals surface area contributed by atoms with E-state index in [0.29, 0.717) is 17.7 Å². The van der Waals surface area contributed by atoms with Crippen LogP contribution in [-0.4, -0.2) is 33.1 Å². The van der Waals surface area contributed by atoms with Gasteiger partial charge in [-0.2, -0.15) is 0 Å². The van der Waals surface area contributed by atoms with Crippen LogP contribution in [0.5, 0.6) is 0 Å². The van der Waals surface area contributed by atoms with Crippen molar-refractivity contribution < 1.29 is 9.84 Å². The van der Waals surface area contributed by atoms with Gasteiger partial charge in [0.1, 0.15) is 12.4 Å². The van der Waals surface area contributed by atoms with E-state index in [4.69, 9.17) is 4.74 Å². The average molecular weight is 225 g/mol. The third kappa shape index (κ3) is 2.25. The van der Waals surface area contributed by atoms with Gasteiger partial charge >= 0.3 is 0 Å². The lowest BCUT2D eigenvalue weighted by atomic mass is 10.1. The Balaban J connectivity index is 2.25. The highest BCUT2D eigenvalue weighted by molar-refractivity contribution is 5.03. The standard InChI is InChI=1S/C11H19N3O2/c1-8(2)5-14-10(6-15)12-13-11(14)9-3-4-16-7-9/h8-9,15H,3-7H2,1-2H3. The third-order valence-corrected chi connectivity index (χ3v) is 2.84. The Hall–Kier alpha value is -0.940. The Morgan fingerprint density at radius 2 is 2.31 bits per heavy atom. The summed E-state index contributed by atoms with van der Waals surface area (Å²) in [5.74, 6) is 2.49. The summed E-state index contributed by atoms with van der Waals surface area (Å²) in [5.41, 5.74) is 0. The largest absolute Gasteiger partial charge is 0.388 e. The predicted molar refractivity (Wildman–Crippen MR) is 59.0 cm³/mol. The van der Waals surface area contributed by atoms with Crippen molar-refractivity contribution in [2.75, 3.05) is 13.2 Å². The maximum Gasteiger partial charge on any atom is 0.158 e. The molecular formula is C11H19N3O2. The van der Waals surface area contributed by atoms with Crippen LogP contribution < -0.4 is 0 Å². The molecule has 1 saturated heterocycles. The van der Waals surface area contributed by atoms with Crippen molar-refractivity contribution >= 4 is 0 Å². The molecule has 1 aromatic rings. The number of ether oxygens (including phenoxy) is 1. The zero-order valence-corrected chi connectivity index (χ0v) is 9.89. The maximum atomic E-state index is 9.23. The van der Waals surface area contributed by atoms with E-state index in [1.54, 1.807) is 0 Å². The van der Waals surface area contributed by atoms with E-state index in [1.807, 2.05) is 4.57 Å². The lowest BCUT2D eigenvalue weighted by Crippen LogP contribution is -2.15. The summed E-state index contributed by atoms with van der Waals surface area (Å²) in [7, 11) is 0. The van der Waals surface area contributed by atoms with Gasteiger partial charge in [0, 0.05) is 19.1 Å². The summed E-state index contributed by atoms with van der Waals surface area (Å²) in [6.07, 6.45) is 1.00. The molecule has 2 heterocycles. The van der Waals surface area contributed by atoms with E-state index in [1.165, 1.54) is 0 Å². The molecule has 0 bridgehead atoms. The summed E-state index contributed by atoms with van der Waals surface area (Å²) in [6, 6.07) is 0. The van der Waals surface area contributed by atoms with Crippen molar-refractivity contribution in [3.8, 4) is 0 Å². The highest BCUT2D eigenvalue weighted by atomic mass is 16.5. The van der Waals surface area contributed by atoms with Crippen LogP contribution >= 0.6 is 0 Å². The van der Waals surface area contributed by atoms with E-state index < -0.39 is 0 Å². The van der Waals surface area contributed by atoms with Gasteiger partial charge in [-0.3, -0.25) is 0 Å². The van der Waals surface area contributed by atoms with Crippen molar-refractivity contribution in [3.05, 3.63) is 11.6 Å². The first kappa shape index (κ1) is 11.5. The van der Waals surface area contributed by atoms with E-state index in [9.17, 15) is 5.11 Å². The smallest absolute Gasteiger partial charge is 0.158 e. The van der Waals surface area contributed by atoms with Crippen molar-refractivity contribution in [2.45, 2.75) is 39.3 Å². The number of aromatic nitrogens is 3. The summed E-state index contributed by atoms with van der Waals surface area (Å²) in [5, 5.41) is 17.5. The van der Waals surface area contributed by atoms with Crippen LogP contribution in [0.15, 0.2) is 0 Å². The van der Waals surface area contributed by atoms with E-state index in [0.717, 1.165) is 32.0 Å². The number of aliphatic hydroxyl groups excluding tert-OH is 1. The molecule has 0 amide bonds. The highest BCUT2D eigenvalue weighted by Gasteiger charge is 2.25. The van der Waals surface area contributed by atoms with Crippen molar-refractivity contribution in [1.82, 2.24) is 14.8 Å². The molecule has 0 aromatic carbocycles. The second-order valence-corrected chi connectivity index (χ2v) is 4.70. The first-order chi connectivity index (χ1) is 7.72. The molecule has 16 heavy (non-hydrogen) atoms. The second-order valence-electron chi connectivity index (χ2n) is 4.70. The fourth-order valence-corrected chi connectivity index (χ4v) is 2.07. The van der Waals surface area contributed by atoms with Crippen LogP contribution in [0, 0.1) is 5.92 Å². The van der Waals surface area contributed by atoms with Gasteiger partial charge in [0.25, 0.3) is 0 Å². The molecule has 1 atom stereocenters. The highest BCUT2D eigenvalue weighted by Crippen LogP contribution is 2.24. The number of rotatable bonds is 4. The zero-order valence-electron chi connectivity index (χ0n) is 9.89. The van der Waals surface area contributed by atoms with Gasteiger partial charge in [0.15, 0.2) is 5.82 Å². The molecule has 0 saturated carbocycles. The minimum atomic E-state index is -0.0483. The number of nitrogens with zero attached hydrogens (tertiary/aromatic N) is 3. The molecular weight excluding hydrogens is 206 g/mol. The SMILES string of the molecule is CC(C)Cn1c(CO)nnc1C1CCOC1. The molecule has 1 aliphatic heterocycles. The molecule has 1 fully saturated rings. The Morgan fingerprint density at radius 1 is 1.50 bits per heavy atom. The molecule has 5 nitrogen and oxygen atoms in total. The van der Waals surface area contributed by atoms with Crippen LogP contribution in [-0.2, 0) is 17.9 Å². The van der Waals surface area contributed by atoms with Gasteiger partial charge in [-0.1, -0.05) is 13.8 Å². The number of hydrogen-bond acceptors (Lipinski definition) is 4. The Bertz CT molecular complexity index is 343. The summed E-state index contributed by atoms with van der Waals surface area (Å²) < 4.78 is 7.42. The first-order valence-corrected chi connectivity index (χ1v) is 5.83. The van der Waals surface area contributed by atoms with Crippen molar-refractivity contribution in [2.24, 2.45) is 5.92 Å². The first-order valence-electron chi connectivity index (χ1n) is 5.83. The lowest BCUT2D eigenvalue weighted by molar-refractivity contribution is 0.192. The topological polar surface area (TPSA) is 60.2 Å². The maximum absolute atomic E-state index is 9.23. The van der Waals surface area contributed by atoms with Gasteiger partial charge in [-0.25, -0.2) is 0 Å². The van der Waals surface area contributed by atoms with Crippen molar-refractivity contribution in [3.63, 3.8) is 0 Å². The molecule has 1 aliphatic rings. The fourth-order valence-electron chi connectivity index (χ4n) is 2.07. The molecule has 1 N–H and O–H groups in total. The number of aliphatic hydroxyl groups is 1. The molecule has 0 aliphatic carbocycles. The van der Waals surface area contributed by atoms with Gasteiger partial charge in [-0.05, 0) is 12.3 Å². The average Bonchev–Trinajstić information content (AvgIpc) is 2.84. The van der Waals surface area contributed by atoms with E-state index >= 15 is 0 Å². The van der Waals surface area contributed by atoms with Gasteiger partial charge in [0.2, 0.25) is 0 Å². The molecule has 0 radical (unpaired) electrons. The summed E-state index contributed by atoms with van der Waals surface area (Å²) in [6.45, 7) is 6.63. The molecule has 1 unspecified atom stereocenters. The second kappa shape index (κ2) is 4.93. The quantitative estimate of drug-likeness (QED) is 0.828. The molecule has 5 heteroatoms. The van der Waals surface area contributed by atoms with Crippen molar-refractivity contribution in [1.29, 1.82) is 0 Å². The molecule has 90 valence electrons. The van der Waals surface area contributed by atoms with Gasteiger partial charge < -0.3 is 14.4 Å². The van der Waals surface area contributed by atoms with Gasteiger partial charge in [0.05, 0.1) is 6.61 Å². The zero-order chi connectivity index (χ0) is 11.5. The van der Waals surface area contributed by atoms with Crippen LogP contribution in [0.2, 0.25) is 0 Å². The predicted octanol–water partition coefficient (Wildman–Crippen LogP) is 0.930.